The van der Waals surface area contributed by atoms with Crippen LogP contribution in [0, 0.1) is 6.92 Å². The van der Waals surface area contributed by atoms with Gasteiger partial charge in [-0.15, -0.1) is 0 Å². The molecule has 2 rings (SSSR count). The van der Waals surface area contributed by atoms with E-state index in [1.54, 1.807) is 13.2 Å². The number of hydrogen-bond acceptors (Lipinski definition) is 4. The van der Waals surface area contributed by atoms with E-state index in [0.29, 0.717) is 18.9 Å². The molecule has 4 nitrogen and oxygen atoms in total. The number of benzene rings is 2. The van der Waals surface area contributed by atoms with Gasteiger partial charge in [-0.2, -0.15) is 0 Å². The van der Waals surface area contributed by atoms with E-state index in [2.05, 4.69) is 5.32 Å². The van der Waals surface area contributed by atoms with Crippen molar-refractivity contribution in [3.63, 3.8) is 0 Å². The van der Waals surface area contributed by atoms with Gasteiger partial charge in [0.05, 0.1) is 13.7 Å². The minimum Gasteiger partial charge on any atom is -0.508 e. The van der Waals surface area contributed by atoms with Gasteiger partial charge >= 0.3 is 0 Å². The normalized spacial score (nSPS) is 10.2. The Balaban J connectivity index is 2.07. The fourth-order valence-corrected chi connectivity index (χ4v) is 2.02. The quantitative estimate of drug-likeness (QED) is 0.850. The van der Waals surface area contributed by atoms with E-state index in [9.17, 15) is 5.11 Å². The first-order valence-electron chi connectivity index (χ1n) is 6.97. The third-order valence-corrected chi connectivity index (χ3v) is 3.23. The van der Waals surface area contributed by atoms with Crippen LogP contribution >= 0.6 is 0 Å². The molecular formula is C17H21NO3. The molecule has 4 heteroatoms. The van der Waals surface area contributed by atoms with Gasteiger partial charge in [-0.25, -0.2) is 0 Å². The molecule has 0 heterocycles. The molecule has 0 unspecified atom stereocenters. The Kier molecular flexibility index (Phi) is 4.93. The molecule has 0 aliphatic carbocycles. The summed E-state index contributed by atoms with van der Waals surface area (Å²) in [6.07, 6.45) is 0. The largest absolute Gasteiger partial charge is 0.508 e. The topological polar surface area (TPSA) is 50.7 Å². The molecule has 2 aromatic carbocycles. The molecule has 0 fully saturated rings. The molecule has 0 atom stereocenters. The Labute approximate surface area is 125 Å². The van der Waals surface area contributed by atoms with Gasteiger partial charge < -0.3 is 19.9 Å². The first kappa shape index (κ1) is 15.0. The maximum absolute atomic E-state index is 9.70. The molecule has 0 radical (unpaired) electrons. The van der Waals surface area contributed by atoms with Crippen molar-refractivity contribution in [1.29, 1.82) is 0 Å². The number of nitrogens with one attached hydrogen (secondary N) is 1. The monoisotopic (exact) mass is 287 g/mol. The van der Waals surface area contributed by atoms with Crippen molar-refractivity contribution >= 4 is 5.69 Å². The number of hydrogen-bond donors (Lipinski definition) is 2. The van der Waals surface area contributed by atoms with Crippen molar-refractivity contribution in [2.24, 2.45) is 0 Å². The van der Waals surface area contributed by atoms with E-state index in [4.69, 9.17) is 9.47 Å². The lowest BCUT2D eigenvalue weighted by Crippen LogP contribution is -2.01. The van der Waals surface area contributed by atoms with Crippen LogP contribution in [-0.2, 0) is 6.54 Å². The van der Waals surface area contributed by atoms with Crippen molar-refractivity contribution in [3.8, 4) is 17.2 Å². The Hall–Kier alpha value is -2.36. The van der Waals surface area contributed by atoms with Crippen LogP contribution in [0.2, 0.25) is 0 Å². The highest BCUT2D eigenvalue weighted by Gasteiger charge is 2.05. The number of phenolic OH excluding ortho intramolecular Hbond substituents is 1. The van der Waals surface area contributed by atoms with E-state index in [-0.39, 0.29) is 0 Å². The van der Waals surface area contributed by atoms with Crippen LogP contribution in [0.3, 0.4) is 0 Å². The molecule has 21 heavy (non-hydrogen) atoms. The minimum atomic E-state index is 0.296. The third kappa shape index (κ3) is 3.81. The first-order valence-corrected chi connectivity index (χ1v) is 6.97. The molecule has 2 N–H and O–H groups in total. The summed E-state index contributed by atoms with van der Waals surface area (Å²) in [5.74, 6) is 1.77. The summed E-state index contributed by atoms with van der Waals surface area (Å²) in [7, 11) is 1.63. The van der Waals surface area contributed by atoms with E-state index in [1.165, 1.54) is 0 Å². The second-order valence-corrected chi connectivity index (χ2v) is 4.77. The number of methoxy groups -OCH3 is 1. The highest BCUT2D eigenvalue weighted by molar-refractivity contribution is 5.52. The number of aromatic hydroxyl groups is 1. The van der Waals surface area contributed by atoms with E-state index >= 15 is 0 Å². The maximum Gasteiger partial charge on any atom is 0.161 e. The van der Waals surface area contributed by atoms with Crippen LogP contribution < -0.4 is 14.8 Å². The fraction of sp³-hybridized carbons (Fsp3) is 0.294. The van der Waals surface area contributed by atoms with Crippen LogP contribution in [0.4, 0.5) is 5.69 Å². The minimum absolute atomic E-state index is 0.296. The molecule has 0 aliphatic heterocycles. The zero-order valence-corrected chi connectivity index (χ0v) is 12.6. The summed E-state index contributed by atoms with van der Waals surface area (Å²) in [5, 5.41) is 13.0. The van der Waals surface area contributed by atoms with Gasteiger partial charge in [-0.05, 0) is 43.2 Å². The Morgan fingerprint density at radius 2 is 1.90 bits per heavy atom. The zero-order chi connectivity index (χ0) is 15.2. The number of rotatable bonds is 6. The van der Waals surface area contributed by atoms with Crippen molar-refractivity contribution in [1.82, 2.24) is 0 Å². The van der Waals surface area contributed by atoms with Crippen molar-refractivity contribution in [2.75, 3.05) is 19.0 Å². The highest BCUT2D eigenvalue weighted by Crippen LogP contribution is 2.28. The second-order valence-electron chi connectivity index (χ2n) is 4.77. The highest BCUT2D eigenvalue weighted by atomic mass is 16.5. The van der Waals surface area contributed by atoms with Gasteiger partial charge in [0, 0.05) is 18.3 Å². The second kappa shape index (κ2) is 6.88. The molecule has 0 bridgehead atoms. The summed E-state index contributed by atoms with van der Waals surface area (Å²) in [6.45, 7) is 5.07. The third-order valence-electron chi connectivity index (χ3n) is 3.23. The van der Waals surface area contributed by atoms with E-state index < -0.39 is 0 Å². The number of aryl methyl sites for hydroxylation is 1. The number of anilines is 1. The van der Waals surface area contributed by atoms with Gasteiger partial charge in [0.2, 0.25) is 0 Å². The molecule has 0 aromatic heterocycles. The summed E-state index contributed by atoms with van der Waals surface area (Å²) >= 11 is 0. The lowest BCUT2D eigenvalue weighted by atomic mass is 10.1. The lowest BCUT2D eigenvalue weighted by Gasteiger charge is -2.12. The van der Waals surface area contributed by atoms with Crippen LogP contribution in [-0.4, -0.2) is 18.8 Å². The molecule has 0 spiro atoms. The van der Waals surface area contributed by atoms with Crippen molar-refractivity contribution < 1.29 is 14.6 Å². The summed E-state index contributed by atoms with van der Waals surface area (Å²) < 4.78 is 10.8. The summed E-state index contributed by atoms with van der Waals surface area (Å²) in [5.41, 5.74) is 2.82. The van der Waals surface area contributed by atoms with Crippen LogP contribution in [0.5, 0.6) is 17.2 Å². The molecular weight excluding hydrogens is 266 g/mol. The lowest BCUT2D eigenvalue weighted by molar-refractivity contribution is 0.310. The molecule has 2 aromatic rings. The predicted octanol–water partition coefficient (Wildman–Crippen LogP) is 3.72. The van der Waals surface area contributed by atoms with Crippen LogP contribution in [0.15, 0.2) is 36.4 Å². The molecule has 0 saturated carbocycles. The average Bonchev–Trinajstić information content (AvgIpc) is 2.49. The van der Waals surface area contributed by atoms with E-state index in [0.717, 1.165) is 28.3 Å². The molecule has 0 amide bonds. The Morgan fingerprint density at radius 3 is 2.57 bits per heavy atom. The van der Waals surface area contributed by atoms with Gasteiger partial charge in [-0.3, -0.25) is 0 Å². The van der Waals surface area contributed by atoms with Gasteiger partial charge in [0.15, 0.2) is 11.5 Å². The standard InChI is InChI=1S/C17H21NO3/c1-4-21-16-8-6-13(9-17(16)20-3)11-18-14-7-5-12(2)15(19)10-14/h5-10,18-19H,4,11H2,1-3H3. The number of ether oxygens (including phenoxy) is 2. The Morgan fingerprint density at radius 1 is 1.10 bits per heavy atom. The summed E-state index contributed by atoms with van der Waals surface area (Å²) in [4.78, 5) is 0. The van der Waals surface area contributed by atoms with Crippen LogP contribution in [0.1, 0.15) is 18.1 Å². The fourth-order valence-electron chi connectivity index (χ4n) is 2.02. The van der Waals surface area contributed by atoms with Gasteiger partial charge in [0.1, 0.15) is 5.75 Å². The number of phenols is 1. The SMILES string of the molecule is CCOc1ccc(CNc2ccc(C)c(O)c2)cc1OC. The van der Waals surface area contributed by atoms with Crippen molar-refractivity contribution in [2.45, 2.75) is 20.4 Å². The maximum atomic E-state index is 9.70. The summed E-state index contributed by atoms with van der Waals surface area (Å²) in [6, 6.07) is 11.4. The molecule has 0 aliphatic rings. The van der Waals surface area contributed by atoms with E-state index in [1.807, 2.05) is 44.2 Å². The zero-order valence-electron chi connectivity index (χ0n) is 12.6. The van der Waals surface area contributed by atoms with Gasteiger partial charge in [0.25, 0.3) is 0 Å². The Bertz CT molecular complexity index is 611. The average molecular weight is 287 g/mol. The molecule has 0 saturated heterocycles. The van der Waals surface area contributed by atoms with Gasteiger partial charge in [-0.1, -0.05) is 12.1 Å². The smallest absolute Gasteiger partial charge is 0.161 e. The predicted molar refractivity (Wildman–Crippen MR) is 84.3 cm³/mol. The molecule has 112 valence electrons. The first-order chi connectivity index (χ1) is 10.1. The van der Waals surface area contributed by atoms with Crippen molar-refractivity contribution in [3.05, 3.63) is 47.5 Å². The van der Waals surface area contributed by atoms with Crippen LogP contribution in [0.25, 0.3) is 0 Å².